The van der Waals surface area contributed by atoms with E-state index in [0.29, 0.717) is 43.9 Å². The van der Waals surface area contributed by atoms with Gasteiger partial charge in [-0.3, -0.25) is 9.59 Å². The molecule has 0 aliphatic carbocycles. The number of benzene rings is 2. The molecule has 2 amide bonds. The highest BCUT2D eigenvalue weighted by Gasteiger charge is 2.33. The molecule has 0 saturated heterocycles. The molecule has 3 aromatic rings. The zero-order chi connectivity index (χ0) is 26.5. The van der Waals surface area contributed by atoms with Gasteiger partial charge in [0.1, 0.15) is 17.3 Å². The second-order valence-electron chi connectivity index (χ2n) is 10.0. The fraction of sp³-hybridized carbons (Fsp3) is 0.400. The van der Waals surface area contributed by atoms with Crippen LogP contribution in [0.3, 0.4) is 0 Å². The standard InChI is InChI=1S/C30H35FN2O4/c1-5-27(30(35)32(4)19-25-10-7-15-36-25)37-24-12-11-21-13-14-33(28(34)16-20(2)3)29(26(21)18-24)22-8-6-9-23(31)17-22/h6-12,15,17-18,20,27,29H,5,13-14,16,19H2,1-4H3/t27-,29-/m0/s1. The Morgan fingerprint density at radius 1 is 1.16 bits per heavy atom. The van der Waals surface area contributed by atoms with Crippen LogP contribution in [0.4, 0.5) is 4.39 Å². The van der Waals surface area contributed by atoms with Gasteiger partial charge in [-0.1, -0.05) is 39.0 Å². The van der Waals surface area contributed by atoms with Gasteiger partial charge in [-0.25, -0.2) is 4.39 Å². The summed E-state index contributed by atoms with van der Waals surface area (Å²) in [6.45, 7) is 6.86. The van der Waals surface area contributed by atoms with E-state index < -0.39 is 12.1 Å². The number of likely N-dealkylation sites (N-methyl/N-ethyl adjacent to an activating group) is 1. The predicted octanol–water partition coefficient (Wildman–Crippen LogP) is 5.75. The SMILES string of the molecule is CC[C@H](Oc1ccc2c(c1)[C@H](c1cccc(F)c1)N(C(=O)CC(C)C)CC2)C(=O)N(C)Cc1ccco1. The van der Waals surface area contributed by atoms with Gasteiger partial charge in [0, 0.05) is 20.0 Å². The van der Waals surface area contributed by atoms with Crippen molar-refractivity contribution in [1.82, 2.24) is 9.80 Å². The molecule has 4 rings (SSSR count). The number of rotatable bonds is 9. The lowest BCUT2D eigenvalue weighted by Gasteiger charge is -2.38. The molecular formula is C30H35FN2O4. The Labute approximate surface area is 218 Å². The molecule has 196 valence electrons. The maximum absolute atomic E-state index is 14.3. The number of amides is 2. The first-order valence-electron chi connectivity index (χ1n) is 12.9. The average molecular weight is 507 g/mol. The molecular weight excluding hydrogens is 471 g/mol. The smallest absolute Gasteiger partial charge is 0.263 e. The summed E-state index contributed by atoms with van der Waals surface area (Å²) in [6.07, 6.45) is 2.52. The van der Waals surface area contributed by atoms with E-state index in [1.165, 1.54) is 12.1 Å². The van der Waals surface area contributed by atoms with Crippen LogP contribution >= 0.6 is 0 Å². The molecule has 7 heteroatoms. The minimum atomic E-state index is -0.673. The quantitative estimate of drug-likeness (QED) is 0.371. The molecule has 0 N–H and O–H groups in total. The molecule has 0 bridgehead atoms. The second kappa shape index (κ2) is 11.6. The molecule has 37 heavy (non-hydrogen) atoms. The highest BCUT2D eigenvalue weighted by Crippen LogP contribution is 2.38. The summed E-state index contributed by atoms with van der Waals surface area (Å²) in [5.41, 5.74) is 2.71. The number of furan rings is 1. The third-order valence-electron chi connectivity index (χ3n) is 6.69. The van der Waals surface area contributed by atoms with Crippen molar-refractivity contribution in [2.75, 3.05) is 13.6 Å². The maximum Gasteiger partial charge on any atom is 0.263 e. The summed E-state index contributed by atoms with van der Waals surface area (Å²) in [7, 11) is 1.72. The van der Waals surface area contributed by atoms with Crippen molar-refractivity contribution in [3.05, 3.63) is 89.1 Å². The van der Waals surface area contributed by atoms with E-state index in [1.54, 1.807) is 30.3 Å². The lowest BCUT2D eigenvalue weighted by atomic mass is 9.87. The van der Waals surface area contributed by atoms with Crippen molar-refractivity contribution in [2.45, 2.75) is 58.7 Å². The highest BCUT2D eigenvalue weighted by molar-refractivity contribution is 5.81. The highest BCUT2D eigenvalue weighted by atomic mass is 19.1. The lowest BCUT2D eigenvalue weighted by molar-refractivity contribution is -0.138. The third kappa shape index (κ3) is 6.21. The molecule has 2 heterocycles. The third-order valence-corrected chi connectivity index (χ3v) is 6.69. The average Bonchev–Trinajstić information content (AvgIpc) is 3.38. The molecule has 1 aromatic heterocycles. The summed E-state index contributed by atoms with van der Waals surface area (Å²) in [5.74, 6) is 1.01. The summed E-state index contributed by atoms with van der Waals surface area (Å²) in [4.78, 5) is 29.8. The number of hydrogen-bond donors (Lipinski definition) is 0. The molecule has 6 nitrogen and oxygen atoms in total. The van der Waals surface area contributed by atoms with E-state index in [-0.39, 0.29) is 23.5 Å². The zero-order valence-electron chi connectivity index (χ0n) is 21.9. The summed E-state index contributed by atoms with van der Waals surface area (Å²) < 4.78 is 25.8. The van der Waals surface area contributed by atoms with E-state index >= 15 is 0 Å². The van der Waals surface area contributed by atoms with E-state index in [0.717, 1.165) is 16.7 Å². The minimum absolute atomic E-state index is 0.0439. The van der Waals surface area contributed by atoms with Crippen LogP contribution in [0.2, 0.25) is 0 Å². The molecule has 2 aromatic carbocycles. The van der Waals surface area contributed by atoms with E-state index in [9.17, 15) is 14.0 Å². The van der Waals surface area contributed by atoms with E-state index in [2.05, 4.69) is 0 Å². The van der Waals surface area contributed by atoms with Crippen molar-refractivity contribution in [3.8, 4) is 5.75 Å². The Hall–Kier alpha value is -3.61. The van der Waals surface area contributed by atoms with Crippen molar-refractivity contribution in [3.63, 3.8) is 0 Å². The summed E-state index contributed by atoms with van der Waals surface area (Å²) >= 11 is 0. The molecule has 0 saturated carbocycles. The van der Waals surface area contributed by atoms with Gasteiger partial charge >= 0.3 is 0 Å². The lowest BCUT2D eigenvalue weighted by Crippen LogP contribution is -2.41. The second-order valence-corrected chi connectivity index (χ2v) is 10.0. The monoisotopic (exact) mass is 506 g/mol. The van der Waals surface area contributed by atoms with Gasteiger partial charge in [-0.2, -0.15) is 0 Å². The van der Waals surface area contributed by atoms with Crippen molar-refractivity contribution >= 4 is 11.8 Å². The predicted molar refractivity (Wildman–Crippen MR) is 139 cm³/mol. The van der Waals surface area contributed by atoms with E-state index in [1.807, 2.05) is 56.0 Å². The van der Waals surface area contributed by atoms with Crippen molar-refractivity contribution in [1.29, 1.82) is 0 Å². The van der Waals surface area contributed by atoms with Crippen LogP contribution in [0.25, 0.3) is 0 Å². The molecule has 1 aliphatic rings. The van der Waals surface area contributed by atoms with Crippen LogP contribution in [-0.4, -0.2) is 41.3 Å². The van der Waals surface area contributed by atoms with Crippen LogP contribution in [-0.2, 0) is 22.6 Å². The largest absolute Gasteiger partial charge is 0.481 e. The van der Waals surface area contributed by atoms with Gasteiger partial charge < -0.3 is 19.0 Å². The Morgan fingerprint density at radius 2 is 1.97 bits per heavy atom. The minimum Gasteiger partial charge on any atom is -0.481 e. The van der Waals surface area contributed by atoms with Gasteiger partial charge in [-0.05, 0) is 71.8 Å². The van der Waals surface area contributed by atoms with Gasteiger partial charge in [0.05, 0.1) is 18.8 Å². The van der Waals surface area contributed by atoms with E-state index in [4.69, 9.17) is 9.15 Å². The van der Waals surface area contributed by atoms with Crippen molar-refractivity contribution < 1.29 is 23.1 Å². The Bertz CT molecular complexity index is 1220. The van der Waals surface area contributed by atoms with Crippen LogP contribution < -0.4 is 4.74 Å². The summed E-state index contributed by atoms with van der Waals surface area (Å²) in [6, 6.07) is 15.4. The number of hydrogen-bond acceptors (Lipinski definition) is 4. The number of carbonyl (C=O) groups excluding carboxylic acids is 2. The van der Waals surface area contributed by atoms with Crippen LogP contribution in [0, 0.1) is 11.7 Å². The fourth-order valence-corrected chi connectivity index (χ4v) is 4.87. The van der Waals surface area contributed by atoms with Gasteiger partial charge in [0.2, 0.25) is 5.91 Å². The number of carbonyl (C=O) groups is 2. The number of nitrogens with zero attached hydrogens (tertiary/aromatic N) is 2. The number of halogens is 1. The number of ether oxygens (including phenoxy) is 1. The number of fused-ring (bicyclic) bond motifs is 1. The molecule has 0 spiro atoms. The van der Waals surface area contributed by atoms with Crippen molar-refractivity contribution in [2.24, 2.45) is 5.92 Å². The zero-order valence-corrected chi connectivity index (χ0v) is 21.9. The van der Waals surface area contributed by atoms with Gasteiger partial charge in [0.25, 0.3) is 5.91 Å². The molecule has 0 unspecified atom stereocenters. The van der Waals surface area contributed by atoms with Gasteiger partial charge in [-0.15, -0.1) is 0 Å². The van der Waals surface area contributed by atoms with Crippen LogP contribution in [0.15, 0.2) is 65.3 Å². The molecule has 0 fully saturated rings. The fourth-order valence-electron chi connectivity index (χ4n) is 4.87. The molecule has 2 atom stereocenters. The van der Waals surface area contributed by atoms with Gasteiger partial charge in [0.15, 0.2) is 6.10 Å². The Balaban J connectivity index is 1.63. The Kier molecular flexibility index (Phi) is 8.31. The maximum atomic E-state index is 14.3. The molecule has 1 aliphatic heterocycles. The first kappa shape index (κ1) is 26.5. The molecule has 0 radical (unpaired) electrons. The first-order valence-corrected chi connectivity index (χ1v) is 12.9. The topological polar surface area (TPSA) is 63.0 Å². The Morgan fingerprint density at radius 3 is 2.65 bits per heavy atom. The van der Waals surface area contributed by atoms with Crippen LogP contribution in [0.5, 0.6) is 5.75 Å². The van der Waals surface area contributed by atoms with Crippen LogP contribution in [0.1, 0.15) is 62.1 Å². The summed E-state index contributed by atoms with van der Waals surface area (Å²) in [5, 5.41) is 0. The normalized spacial score (nSPS) is 15.8. The first-order chi connectivity index (χ1) is 17.8.